The maximum Gasteiger partial charge on any atom is 0.307 e. The smallest absolute Gasteiger partial charge is 0.307 e. The van der Waals surface area contributed by atoms with E-state index in [2.05, 4.69) is 11.8 Å². The standard InChI is InChI=1S/C15H21NO4S/c1-2-16-9-7-14(8-10-16)21(19,20)13-5-3-12(4-6-13)11-15(17)18/h3-6,14H,2,7-11H2,1H3,(H,17,18). The second kappa shape index (κ2) is 6.58. The lowest BCUT2D eigenvalue weighted by Gasteiger charge is -2.30. The summed E-state index contributed by atoms with van der Waals surface area (Å²) >= 11 is 0. The van der Waals surface area contributed by atoms with E-state index < -0.39 is 15.8 Å². The van der Waals surface area contributed by atoms with Crippen LogP contribution in [0.25, 0.3) is 0 Å². The summed E-state index contributed by atoms with van der Waals surface area (Å²) in [5, 5.41) is 8.40. The molecule has 0 atom stereocenters. The lowest BCUT2D eigenvalue weighted by molar-refractivity contribution is -0.136. The summed E-state index contributed by atoms with van der Waals surface area (Å²) in [4.78, 5) is 13.2. The van der Waals surface area contributed by atoms with E-state index in [1.165, 1.54) is 12.1 Å². The average Bonchev–Trinajstić information content (AvgIpc) is 2.47. The number of likely N-dealkylation sites (tertiary alicyclic amines) is 1. The summed E-state index contributed by atoms with van der Waals surface area (Å²) in [7, 11) is -3.31. The van der Waals surface area contributed by atoms with Crippen LogP contribution < -0.4 is 0 Å². The molecule has 0 radical (unpaired) electrons. The molecule has 0 aliphatic carbocycles. The van der Waals surface area contributed by atoms with Crippen LogP contribution in [0.1, 0.15) is 25.3 Å². The summed E-state index contributed by atoms with van der Waals surface area (Å²) in [6, 6.07) is 6.23. The van der Waals surface area contributed by atoms with Crippen LogP contribution in [0.2, 0.25) is 0 Å². The van der Waals surface area contributed by atoms with Gasteiger partial charge in [0.1, 0.15) is 0 Å². The van der Waals surface area contributed by atoms with Gasteiger partial charge >= 0.3 is 5.97 Å². The molecule has 21 heavy (non-hydrogen) atoms. The normalized spacial score (nSPS) is 17.8. The van der Waals surface area contributed by atoms with Crippen molar-refractivity contribution in [1.29, 1.82) is 0 Å². The first kappa shape index (κ1) is 16.0. The van der Waals surface area contributed by atoms with Gasteiger partial charge < -0.3 is 10.0 Å². The molecule has 1 heterocycles. The third-order valence-corrected chi connectivity index (χ3v) is 6.31. The zero-order valence-corrected chi connectivity index (χ0v) is 13.0. The van der Waals surface area contributed by atoms with Crippen LogP contribution in [0, 0.1) is 0 Å². The molecule has 5 nitrogen and oxygen atoms in total. The molecule has 116 valence electrons. The highest BCUT2D eigenvalue weighted by Crippen LogP contribution is 2.24. The summed E-state index contributed by atoms with van der Waals surface area (Å²) in [5.41, 5.74) is 0.613. The Morgan fingerprint density at radius 2 is 1.81 bits per heavy atom. The maximum absolute atomic E-state index is 12.6. The molecule has 6 heteroatoms. The van der Waals surface area contributed by atoms with Crippen LogP contribution in [-0.4, -0.2) is 49.3 Å². The Hall–Kier alpha value is -1.40. The number of carboxylic acids is 1. The van der Waals surface area contributed by atoms with Crippen molar-refractivity contribution < 1.29 is 18.3 Å². The van der Waals surface area contributed by atoms with Gasteiger partial charge in [-0.25, -0.2) is 8.42 Å². The number of benzene rings is 1. The third kappa shape index (κ3) is 3.83. The predicted molar refractivity (Wildman–Crippen MR) is 80.1 cm³/mol. The number of rotatable bonds is 5. The molecule has 1 fully saturated rings. The van der Waals surface area contributed by atoms with Gasteiger partial charge in [0.15, 0.2) is 9.84 Å². The Kier molecular flexibility index (Phi) is 5.00. The molecule has 0 spiro atoms. The van der Waals surface area contributed by atoms with Crippen LogP contribution in [-0.2, 0) is 21.1 Å². The molecule has 0 saturated carbocycles. The summed E-state index contributed by atoms with van der Waals surface area (Å²) in [6.07, 6.45) is 1.23. The molecule has 2 rings (SSSR count). The number of hydrogen-bond donors (Lipinski definition) is 1. The summed E-state index contributed by atoms with van der Waals surface area (Å²) in [6.45, 7) is 4.67. The minimum Gasteiger partial charge on any atom is -0.481 e. The number of piperidine rings is 1. The van der Waals surface area contributed by atoms with Crippen molar-refractivity contribution in [1.82, 2.24) is 4.90 Å². The second-order valence-electron chi connectivity index (χ2n) is 5.39. The number of aliphatic carboxylic acids is 1. The van der Waals surface area contributed by atoms with Gasteiger partial charge in [0, 0.05) is 0 Å². The molecule has 0 bridgehead atoms. The van der Waals surface area contributed by atoms with E-state index in [0.717, 1.165) is 19.6 Å². The predicted octanol–water partition coefficient (Wildman–Crippen LogP) is 1.57. The lowest BCUT2D eigenvalue weighted by atomic mass is 10.1. The van der Waals surface area contributed by atoms with Crippen molar-refractivity contribution in [2.24, 2.45) is 0 Å². The lowest BCUT2D eigenvalue weighted by Crippen LogP contribution is -2.39. The Labute approximate surface area is 125 Å². The molecule has 0 amide bonds. The van der Waals surface area contributed by atoms with Gasteiger partial charge in [-0.15, -0.1) is 0 Å². The van der Waals surface area contributed by atoms with E-state index in [9.17, 15) is 13.2 Å². The molecular formula is C15H21NO4S. The second-order valence-corrected chi connectivity index (χ2v) is 7.62. The van der Waals surface area contributed by atoms with Crippen molar-refractivity contribution in [2.45, 2.75) is 36.3 Å². The van der Waals surface area contributed by atoms with Crippen molar-refractivity contribution in [2.75, 3.05) is 19.6 Å². The van der Waals surface area contributed by atoms with Gasteiger partial charge in [0.25, 0.3) is 0 Å². The van der Waals surface area contributed by atoms with Gasteiger partial charge in [-0.05, 0) is 50.2 Å². The molecule has 1 saturated heterocycles. The Morgan fingerprint density at radius 3 is 2.29 bits per heavy atom. The summed E-state index contributed by atoms with van der Waals surface area (Å²) in [5.74, 6) is -0.919. The molecular weight excluding hydrogens is 290 g/mol. The Bertz CT molecular complexity index is 587. The van der Waals surface area contributed by atoms with Gasteiger partial charge in [-0.3, -0.25) is 4.79 Å². The highest BCUT2D eigenvalue weighted by atomic mass is 32.2. The van der Waals surface area contributed by atoms with E-state index in [-0.39, 0.29) is 11.7 Å². The van der Waals surface area contributed by atoms with Crippen molar-refractivity contribution in [3.63, 3.8) is 0 Å². The van der Waals surface area contributed by atoms with Crippen LogP contribution in [0.3, 0.4) is 0 Å². The zero-order valence-electron chi connectivity index (χ0n) is 12.2. The SMILES string of the molecule is CCN1CCC(S(=O)(=O)c2ccc(CC(=O)O)cc2)CC1. The first-order chi connectivity index (χ1) is 9.93. The number of sulfone groups is 1. The third-order valence-electron chi connectivity index (χ3n) is 4.03. The van der Waals surface area contributed by atoms with Gasteiger partial charge in [-0.1, -0.05) is 19.1 Å². The van der Waals surface area contributed by atoms with Crippen molar-refractivity contribution >= 4 is 15.8 Å². The fourth-order valence-corrected chi connectivity index (χ4v) is 4.43. The number of nitrogens with zero attached hydrogens (tertiary/aromatic N) is 1. The van der Waals surface area contributed by atoms with Gasteiger partial charge in [0.2, 0.25) is 0 Å². The number of carbonyl (C=O) groups is 1. The summed E-state index contributed by atoms with van der Waals surface area (Å²) < 4.78 is 25.2. The van der Waals surface area contributed by atoms with Crippen LogP contribution >= 0.6 is 0 Å². The molecule has 1 N–H and O–H groups in total. The van der Waals surface area contributed by atoms with E-state index in [0.29, 0.717) is 23.3 Å². The molecule has 1 aromatic carbocycles. The zero-order chi connectivity index (χ0) is 15.5. The molecule has 1 aliphatic heterocycles. The largest absolute Gasteiger partial charge is 0.481 e. The van der Waals surface area contributed by atoms with Crippen LogP contribution in [0.5, 0.6) is 0 Å². The number of carboxylic acid groups (broad SMARTS) is 1. The molecule has 1 aliphatic rings. The Balaban J connectivity index is 2.11. The topological polar surface area (TPSA) is 74.7 Å². The van der Waals surface area contributed by atoms with E-state index in [1.807, 2.05) is 0 Å². The first-order valence-electron chi connectivity index (χ1n) is 7.20. The fourth-order valence-electron chi connectivity index (χ4n) is 2.70. The monoisotopic (exact) mass is 311 g/mol. The van der Waals surface area contributed by atoms with Gasteiger partial charge in [0.05, 0.1) is 16.6 Å². The molecule has 1 aromatic rings. The number of hydrogen-bond acceptors (Lipinski definition) is 4. The van der Waals surface area contributed by atoms with E-state index in [1.54, 1.807) is 12.1 Å². The average molecular weight is 311 g/mol. The molecule has 0 aromatic heterocycles. The highest BCUT2D eigenvalue weighted by molar-refractivity contribution is 7.92. The minimum absolute atomic E-state index is 0.0881. The van der Waals surface area contributed by atoms with Crippen LogP contribution in [0.4, 0.5) is 0 Å². The minimum atomic E-state index is -3.31. The van der Waals surface area contributed by atoms with Crippen molar-refractivity contribution in [3.8, 4) is 0 Å². The maximum atomic E-state index is 12.6. The fraction of sp³-hybridized carbons (Fsp3) is 0.533. The quantitative estimate of drug-likeness (QED) is 0.893. The van der Waals surface area contributed by atoms with E-state index in [4.69, 9.17) is 5.11 Å². The van der Waals surface area contributed by atoms with Gasteiger partial charge in [-0.2, -0.15) is 0 Å². The van der Waals surface area contributed by atoms with E-state index >= 15 is 0 Å². The Morgan fingerprint density at radius 1 is 1.24 bits per heavy atom. The highest BCUT2D eigenvalue weighted by Gasteiger charge is 2.30. The van der Waals surface area contributed by atoms with Crippen LogP contribution in [0.15, 0.2) is 29.2 Å². The first-order valence-corrected chi connectivity index (χ1v) is 8.75. The molecule has 0 unspecified atom stereocenters. The van der Waals surface area contributed by atoms with Crippen molar-refractivity contribution in [3.05, 3.63) is 29.8 Å².